The van der Waals surface area contributed by atoms with E-state index in [2.05, 4.69) is 252 Å². The van der Waals surface area contributed by atoms with E-state index in [-0.39, 0.29) is 44.3 Å². The highest BCUT2D eigenvalue weighted by molar-refractivity contribution is 6.05. The number of hydrogen-bond donors (Lipinski definition) is 0. The van der Waals surface area contributed by atoms with Crippen LogP contribution < -0.4 is 4.90 Å². The average Bonchev–Trinajstić information content (AvgIpc) is 3.29. The first-order valence-electron chi connectivity index (χ1n) is 28.0. The second-order valence-corrected chi connectivity index (χ2v) is 28.6. The van der Waals surface area contributed by atoms with E-state index in [1.807, 2.05) is 49.5 Å². The predicted molar refractivity (Wildman–Crippen MR) is 334 cm³/mol. The number of carbonyl (C=O) groups excluding carboxylic acids is 2. The molecule has 0 aliphatic carbocycles. The molecule has 0 heterocycles. The normalized spacial score (nSPS) is 12.3. The Morgan fingerprint density at radius 3 is 1.32 bits per heavy atom. The van der Waals surface area contributed by atoms with Gasteiger partial charge < -0.3 is 9.80 Å². The lowest BCUT2D eigenvalue weighted by atomic mass is 9.86. The molecule has 0 fully saturated rings. The molecule has 0 bridgehead atoms. The highest BCUT2D eigenvalue weighted by atomic mass is 16.2. The fourth-order valence-corrected chi connectivity index (χ4v) is 9.20. The van der Waals surface area contributed by atoms with Crippen LogP contribution in [0.15, 0.2) is 145 Å². The molecule has 0 aromatic heterocycles. The van der Waals surface area contributed by atoms with Crippen LogP contribution in [0.2, 0.25) is 0 Å². The number of nitrogens with zero attached hydrogens (tertiary/aromatic N) is 3. The second-order valence-electron chi connectivity index (χ2n) is 28.6. The predicted octanol–water partition coefficient (Wildman–Crippen LogP) is 18.5. The van der Waals surface area contributed by atoms with Gasteiger partial charge in [-0.1, -0.05) is 234 Å². The molecule has 77 heavy (non-hydrogen) atoms. The summed E-state index contributed by atoms with van der Waals surface area (Å²) < 4.78 is 0. The maximum atomic E-state index is 12.8. The van der Waals surface area contributed by atoms with Gasteiger partial charge in [0.25, 0.3) is 5.91 Å². The lowest BCUT2D eigenvalue weighted by molar-refractivity contribution is -0.129. The van der Waals surface area contributed by atoms with Crippen LogP contribution in [0.25, 0.3) is 0 Å². The summed E-state index contributed by atoms with van der Waals surface area (Å²) in [5.41, 5.74) is 16.6. The highest BCUT2D eigenvalue weighted by Crippen LogP contribution is 2.30. The summed E-state index contributed by atoms with van der Waals surface area (Å²) in [5, 5.41) is 0. The Morgan fingerprint density at radius 1 is 0.455 bits per heavy atom. The average molecular weight is 1040 g/mol. The van der Waals surface area contributed by atoms with Crippen LogP contribution in [0.1, 0.15) is 191 Å². The Kier molecular flexibility index (Phi) is 21.9. The molecule has 0 N–H and O–H groups in total. The number of aliphatic imine (C=N–C) groups is 1. The van der Waals surface area contributed by atoms with Gasteiger partial charge in [-0.25, -0.2) is 0 Å². The van der Waals surface area contributed by atoms with Crippen molar-refractivity contribution in [2.75, 3.05) is 19.0 Å². The van der Waals surface area contributed by atoms with Crippen molar-refractivity contribution in [3.05, 3.63) is 201 Å². The van der Waals surface area contributed by atoms with Crippen molar-refractivity contribution in [3.8, 4) is 0 Å². The molecule has 5 nitrogen and oxygen atoms in total. The van der Waals surface area contributed by atoms with Crippen LogP contribution in [0, 0.1) is 28.6 Å². The Labute approximate surface area is 469 Å². The standard InChI is InChI=1S/C26H37NO.C24H33NO.C22H29N/c1-25(2,3)17-21-11-8-10-20(14-21)16-24(28)27(7)19-23-13-9-12-22(15-23)18-26(4,5)6;1-23(2,3)16-18-8-12-20(13-9-18)22(26)25(7)21-14-10-19(11-15-21)17-24(4,5)6;1-16-14-19(22(5,6)7)12-13-20(16)23-15-17-8-10-18(11-9-17)21(2,3)4/h8-15H,16-19H2,1-7H3;8-15H,16-17H2,1-7H3;8-15H,1-7H3. The number of carbonyl (C=O) groups is 2. The third kappa shape index (κ3) is 23.2. The first-order valence-corrected chi connectivity index (χ1v) is 28.0. The molecule has 2 amide bonds. The molecule has 5 heteroatoms. The number of hydrogen-bond acceptors (Lipinski definition) is 3. The van der Waals surface area contributed by atoms with Gasteiger partial charge in [-0.2, -0.15) is 0 Å². The molecule has 0 aliphatic rings. The van der Waals surface area contributed by atoms with Crippen LogP contribution in [0.5, 0.6) is 0 Å². The van der Waals surface area contributed by atoms with Crippen molar-refractivity contribution in [1.29, 1.82) is 0 Å². The second kappa shape index (κ2) is 26.5. The Hall–Kier alpha value is -6.07. The van der Waals surface area contributed by atoms with E-state index in [4.69, 9.17) is 0 Å². The van der Waals surface area contributed by atoms with E-state index in [9.17, 15) is 9.59 Å². The van der Waals surface area contributed by atoms with Crippen LogP contribution >= 0.6 is 0 Å². The van der Waals surface area contributed by atoms with Crippen LogP contribution in [-0.2, 0) is 54.3 Å². The summed E-state index contributed by atoms with van der Waals surface area (Å²) in [4.78, 5) is 33.8. The number of aryl methyl sites for hydroxylation is 1. The highest BCUT2D eigenvalue weighted by Gasteiger charge is 2.19. The molecule has 0 spiro atoms. The zero-order chi connectivity index (χ0) is 57.7. The quantitative estimate of drug-likeness (QED) is 0.115. The minimum Gasteiger partial charge on any atom is -0.341 e. The number of benzene rings is 6. The van der Waals surface area contributed by atoms with Gasteiger partial charge >= 0.3 is 0 Å². The molecule has 0 saturated carbocycles. The lowest BCUT2D eigenvalue weighted by Crippen LogP contribution is -2.27. The van der Waals surface area contributed by atoms with E-state index in [1.165, 1.54) is 44.5 Å². The summed E-state index contributed by atoms with van der Waals surface area (Å²) in [6.45, 7) is 43.1. The molecular weight excluding hydrogens is 939 g/mol. The van der Waals surface area contributed by atoms with Crippen molar-refractivity contribution >= 4 is 29.4 Å². The van der Waals surface area contributed by atoms with Gasteiger partial charge in [-0.15, -0.1) is 0 Å². The smallest absolute Gasteiger partial charge is 0.258 e. The largest absolute Gasteiger partial charge is 0.341 e. The maximum absolute atomic E-state index is 12.8. The topological polar surface area (TPSA) is 53.0 Å². The van der Waals surface area contributed by atoms with Crippen LogP contribution in [-0.4, -0.2) is 37.0 Å². The van der Waals surface area contributed by atoms with E-state index >= 15 is 0 Å². The van der Waals surface area contributed by atoms with Gasteiger partial charge in [0.1, 0.15) is 0 Å². The minimum atomic E-state index is 0.0240. The van der Waals surface area contributed by atoms with E-state index in [0.29, 0.717) is 13.0 Å². The molecule has 6 rings (SSSR count). The maximum Gasteiger partial charge on any atom is 0.258 e. The Bertz CT molecular complexity index is 2840. The van der Waals surface area contributed by atoms with Crippen LogP contribution in [0.4, 0.5) is 11.4 Å². The van der Waals surface area contributed by atoms with Gasteiger partial charge in [-0.3, -0.25) is 14.6 Å². The van der Waals surface area contributed by atoms with Gasteiger partial charge in [0.15, 0.2) is 0 Å². The van der Waals surface area contributed by atoms with E-state index in [0.717, 1.165) is 53.7 Å². The molecule has 0 radical (unpaired) electrons. The number of anilines is 1. The Morgan fingerprint density at radius 2 is 0.870 bits per heavy atom. The zero-order valence-corrected chi connectivity index (χ0v) is 51.8. The van der Waals surface area contributed by atoms with E-state index < -0.39 is 0 Å². The first-order chi connectivity index (χ1) is 35.4. The van der Waals surface area contributed by atoms with Crippen molar-refractivity contribution in [3.63, 3.8) is 0 Å². The molecule has 414 valence electrons. The molecule has 0 atom stereocenters. The minimum absolute atomic E-state index is 0.0240. The molecule has 0 aliphatic heterocycles. The van der Waals surface area contributed by atoms with E-state index in [1.54, 1.807) is 4.90 Å². The Balaban J connectivity index is 0.000000251. The van der Waals surface area contributed by atoms with Crippen molar-refractivity contribution in [2.45, 2.75) is 181 Å². The number of amides is 2. The summed E-state index contributed by atoms with van der Waals surface area (Å²) >= 11 is 0. The van der Waals surface area contributed by atoms with Crippen LogP contribution in [0.3, 0.4) is 0 Å². The van der Waals surface area contributed by atoms with Gasteiger partial charge in [0.05, 0.1) is 12.1 Å². The molecule has 0 saturated heterocycles. The van der Waals surface area contributed by atoms with Gasteiger partial charge in [0, 0.05) is 38.1 Å². The van der Waals surface area contributed by atoms with Gasteiger partial charge in [-0.05, 0) is 151 Å². The molecule has 6 aromatic rings. The molecule has 0 unspecified atom stereocenters. The van der Waals surface area contributed by atoms with Crippen molar-refractivity contribution in [1.82, 2.24) is 4.90 Å². The monoisotopic (exact) mass is 1040 g/mol. The fraction of sp³-hybridized carbons (Fsp3) is 0.458. The van der Waals surface area contributed by atoms with Crippen molar-refractivity contribution in [2.24, 2.45) is 26.7 Å². The van der Waals surface area contributed by atoms with Gasteiger partial charge in [0.2, 0.25) is 5.91 Å². The lowest BCUT2D eigenvalue weighted by Gasteiger charge is -2.21. The third-order valence-corrected chi connectivity index (χ3v) is 13.1. The SMILES string of the molecule is CN(C(=O)c1ccc(CC(C)(C)C)cc1)c1ccc(CC(C)(C)C)cc1.CN(Cc1cccc(CC(C)(C)C)c1)C(=O)Cc1cccc(CC(C)(C)C)c1.Cc1cc(C(C)(C)C)ccc1N=Cc1ccc(C(C)(C)C)cc1. The first kappa shape index (κ1) is 63.5. The fourth-order valence-electron chi connectivity index (χ4n) is 9.20. The summed E-state index contributed by atoms with van der Waals surface area (Å²) in [5.74, 6) is 0.185. The van der Waals surface area contributed by atoms with Crippen molar-refractivity contribution < 1.29 is 9.59 Å². The summed E-state index contributed by atoms with van der Waals surface area (Å²) in [6, 6.07) is 48.6. The number of likely N-dealkylation sites (N-methyl/N-ethyl adjacent to an activating group) is 1. The molecular formula is C72H99N3O2. The zero-order valence-electron chi connectivity index (χ0n) is 51.8. The number of rotatable bonds is 12. The molecule has 6 aromatic carbocycles. The summed E-state index contributed by atoms with van der Waals surface area (Å²) in [6.07, 6.45) is 6.50. The summed E-state index contributed by atoms with van der Waals surface area (Å²) in [7, 11) is 3.74. The third-order valence-electron chi connectivity index (χ3n) is 13.1.